The van der Waals surface area contributed by atoms with Crippen LogP contribution in [0.15, 0.2) is 0 Å². The van der Waals surface area contributed by atoms with E-state index in [2.05, 4.69) is 41.5 Å². The second kappa shape index (κ2) is 5.56. The van der Waals surface area contributed by atoms with Crippen LogP contribution in [0.4, 0.5) is 0 Å². The summed E-state index contributed by atoms with van der Waals surface area (Å²) in [5.74, 6) is 3.90. The predicted octanol–water partition coefficient (Wildman–Crippen LogP) is 5.52. The van der Waals surface area contributed by atoms with E-state index in [-0.39, 0.29) is 0 Å². The van der Waals surface area contributed by atoms with Crippen LogP contribution in [0, 0.1) is 29.1 Å². The second-order valence-corrected chi connectivity index (χ2v) is 7.46. The maximum atomic E-state index is 2.48. The smallest absolute Gasteiger partial charge is 0.0380 e. The maximum Gasteiger partial charge on any atom is -0.0380 e. The molecule has 1 fully saturated rings. The molecule has 3 unspecified atom stereocenters. The van der Waals surface area contributed by atoms with E-state index in [1.807, 2.05) is 0 Å². The van der Waals surface area contributed by atoms with Gasteiger partial charge < -0.3 is 0 Å². The fraction of sp³-hybridized carbons (Fsp3) is 1.00. The molecule has 1 aliphatic rings. The maximum absolute atomic E-state index is 2.48. The summed E-state index contributed by atoms with van der Waals surface area (Å²) in [7, 11) is 0. The lowest BCUT2D eigenvalue weighted by molar-refractivity contribution is 0.189. The van der Waals surface area contributed by atoms with Crippen LogP contribution < -0.4 is 0 Å². The van der Waals surface area contributed by atoms with Gasteiger partial charge in [0.1, 0.15) is 0 Å². The van der Waals surface area contributed by atoms with E-state index >= 15 is 0 Å². The van der Waals surface area contributed by atoms with Gasteiger partial charge in [-0.25, -0.2) is 0 Å². The topological polar surface area (TPSA) is 0 Å². The van der Waals surface area contributed by atoms with Crippen molar-refractivity contribution in [3.8, 4) is 0 Å². The van der Waals surface area contributed by atoms with Crippen molar-refractivity contribution in [2.45, 2.75) is 73.6 Å². The zero-order valence-electron chi connectivity index (χ0n) is 12.3. The highest BCUT2D eigenvalue weighted by atomic mass is 14.4. The van der Waals surface area contributed by atoms with Crippen molar-refractivity contribution in [2.24, 2.45) is 29.1 Å². The summed E-state index contributed by atoms with van der Waals surface area (Å²) in [6, 6.07) is 0. The molecule has 0 aromatic carbocycles. The predicted molar refractivity (Wildman–Crippen MR) is 73.5 cm³/mol. The lowest BCUT2D eigenvalue weighted by atomic mass is 9.74. The van der Waals surface area contributed by atoms with Gasteiger partial charge in [-0.2, -0.15) is 0 Å². The Balaban J connectivity index is 2.48. The average Bonchev–Trinajstić information content (AvgIpc) is 2.96. The Labute approximate surface area is 103 Å². The van der Waals surface area contributed by atoms with Gasteiger partial charge in [-0.15, -0.1) is 0 Å². The van der Waals surface area contributed by atoms with Crippen molar-refractivity contribution in [3.63, 3.8) is 0 Å². The first-order chi connectivity index (χ1) is 7.33. The number of hydrogen-bond donors (Lipinski definition) is 0. The molecule has 0 aromatic heterocycles. The first kappa shape index (κ1) is 14.1. The molecular weight excluding hydrogens is 192 g/mol. The SMILES string of the molecule is CCC(C)C(CC(C)C1CC1)CC(C)(C)C. The van der Waals surface area contributed by atoms with E-state index in [0.717, 1.165) is 23.7 Å². The zero-order chi connectivity index (χ0) is 12.3. The molecule has 1 rings (SSSR count). The summed E-state index contributed by atoms with van der Waals surface area (Å²) < 4.78 is 0. The Kier molecular flexibility index (Phi) is 4.88. The van der Waals surface area contributed by atoms with Gasteiger partial charge in [-0.1, -0.05) is 48.0 Å². The van der Waals surface area contributed by atoms with Crippen molar-refractivity contribution < 1.29 is 0 Å². The molecule has 0 bridgehead atoms. The molecule has 0 heteroatoms. The van der Waals surface area contributed by atoms with Gasteiger partial charge in [0.2, 0.25) is 0 Å². The summed E-state index contributed by atoms with van der Waals surface area (Å²) >= 11 is 0. The van der Waals surface area contributed by atoms with Crippen LogP contribution in [0.1, 0.15) is 73.6 Å². The van der Waals surface area contributed by atoms with Gasteiger partial charge in [0.15, 0.2) is 0 Å². The third kappa shape index (κ3) is 4.89. The largest absolute Gasteiger partial charge is 0.0651 e. The Morgan fingerprint density at radius 2 is 1.69 bits per heavy atom. The minimum atomic E-state index is 0.497. The third-order valence-corrected chi connectivity index (χ3v) is 4.42. The van der Waals surface area contributed by atoms with Gasteiger partial charge in [0, 0.05) is 0 Å². The molecule has 1 saturated carbocycles. The summed E-state index contributed by atoms with van der Waals surface area (Å²) in [5, 5.41) is 0. The molecule has 0 aliphatic heterocycles. The van der Waals surface area contributed by atoms with Crippen molar-refractivity contribution in [1.29, 1.82) is 0 Å². The highest BCUT2D eigenvalue weighted by Gasteiger charge is 2.32. The van der Waals surface area contributed by atoms with Crippen LogP contribution >= 0.6 is 0 Å². The van der Waals surface area contributed by atoms with Crippen molar-refractivity contribution >= 4 is 0 Å². The Bertz CT molecular complexity index is 195. The minimum Gasteiger partial charge on any atom is -0.0651 e. The highest BCUT2D eigenvalue weighted by molar-refractivity contribution is 4.82. The van der Waals surface area contributed by atoms with E-state index in [1.165, 1.54) is 32.1 Å². The van der Waals surface area contributed by atoms with Gasteiger partial charge in [0.05, 0.1) is 0 Å². The minimum absolute atomic E-state index is 0.497. The Hall–Kier alpha value is 0. The van der Waals surface area contributed by atoms with Gasteiger partial charge in [-0.3, -0.25) is 0 Å². The van der Waals surface area contributed by atoms with Crippen molar-refractivity contribution in [2.75, 3.05) is 0 Å². The van der Waals surface area contributed by atoms with E-state index < -0.39 is 0 Å². The first-order valence-corrected chi connectivity index (χ1v) is 7.33. The molecule has 96 valence electrons. The lowest BCUT2D eigenvalue weighted by Crippen LogP contribution is -2.21. The summed E-state index contributed by atoms with van der Waals surface area (Å²) in [4.78, 5) is 0. The second-order valence-electron chi connectivity index (χ2n) is 7.46. The van der Waals surface area contributed by atoms with E-state index in [1.54, 1.807) is 0 Å². The number of hydrogen-bond acceptors (Lipinski definition) is 0. The normalized spacial score (nSPS) is 22.9. The molecule has 0 N–H and O–H groups in total. The quantitative estimate of drug-likeness (QED) is 0.557. The van der Waals surface area contributed by atoms with Gasteiger partial charge in [-0.05, 0) is 54.8 Å². The zero-order valence-corrected chi connectivity index (χ0v) is 12.3. The Morgan fingerprint density at radius 1 is 1.12 bits per heavy atom. The first-order valence-electron chi connectivity index (χ1n) is 7.33. The third-order valence-electron chi connectivity index (χ3n) is 4.42. The molecule has 1 aliphatic carbocycles. The lowest BCUT2D eigenvalue weighted by Gasteiger charge is -2.32. The molecule has 16 heavy (non-hydrogen) atoms. The monoisotopic (exact) mass is 224 g/mol. The summed E-state index contributed by atoms with van der Waals surface area (Å²) in [6.07, 6.45) is 7.22. The fourth-order valence-electron chi connectivity index (χ4n) is 2.97. The molecule has 0 nitrogen and oxygen atoms in total. The fourth-order valence-corrected chi connectivity index (χ4v) is 2.97. The highest BCUT2D eigenvalue weighted by Crippen LogP contribution is 2.43. The Morgan fingerprint density at radius 3 is 2.06 bits per heavy atom. The molecule has 0 radical (unpaired) electrons. The van der Waals surface area contributed by atoms with Crippen molar-refractivity contribution in [1.82, 2.24) is 0 Å². The van der Waals surface area contributed by atoms with Crippen LogP contribution in [0.25, 0.3) is 0 Å². The summed E-state index contributed by atoms with van der Waals surface area (Å²) in [6.45, 7) is 14.5. The van der Waals surface area contributed by atoms with Crippen LogP contribution in [0.2, 0.25) is 0 Å². The molecule has 0 aromatic rings. The molecular formula is C16H32. The van der Waals surface area contributed by atoms with E-state index in [0.29, 0.717) is 5.41 Å². The van der Waals surface area contributed by atoms with Crippen LogP contribution in [0.3, 0.4) is 0 Å². The van der Waals surface area contributed by atoms with E-state index in [9.17, 15) is 0 Å². The molecule has 3 atom stereocenters. The van der Waals surface area contributed by atoms with Crippen LogP contribution in [0.5, 0.6) is 0 Å². The average molecular weight is 224 g/mol. The summed E-state index contributed by atoms with van der Waals surface area (Å²) in [5.41, 5.74) is 0.497. The molecule has 0 spiro atoms. The van der Waals surface area contributed by atoms with Crippen molar-refractivity contribution in [3.05, 3.63) is 0 Å². The van der Waals surface area contributed by atoms with Crippen LogP contribution in [-0.4, -0.2) is 0 Å². The molecule has 0 saturated heterocycles. The molecule has 0 amide bonds. The van der Waals surface area contributed by atoms with Gasteiger partial charge in [0.25, 0.3) is 0 Å². The van der Waals surface area contributed by atoms with Gasteiger partial charge >= 0.3 is 0 Å². The van der Waals surface area contributed by atoms with E-state index in [4.69, 9.17) is 0 Å². The van der Waals surface area contributed by atoms with Crippen LogP contribution in [-0.2, 0) is 0 Å². The number of rotatable bonds is 6. The molecule has 0 heterocycles. The standard InChI is InChI=1S/C16H32/c1-7-12(2)15(11-16(4,5)6)10-13(3)14-8-9-14/h12-15H,7-11H2,1-6H3.